The Morgan fingerprint density at radius 1 is 1.25 bits per heavy atom. The van der Waals surface area contributed by atoms with Gasteiger partial charge in [0.05, 0.1) is 23.0 Å². The highest BCUT2D eigenvalue weighted by Gasteiger charge is 2.33. The average molecular weight is 464 g/mol. The highest BCUT2D eigenvalue weighted by atomic mass is 32.1. The lowest BCUT2D eigenvalue weighted by Gasteiger charge is -2.29. The Kier molecular flexibility index (Phi) is 6.00. The fourth-order valence-corrected chi connectivity index (χ4v) is 4.51. The standard InChI is InChI=1S/C21H19F3N4O3S/c1-31-16-9-15-17(32-20(27-15)28-7-5-12(11-29)6-8-28)10-14(16)26-19(30)13-3-2-4-18(25-13)21(22,23)24/h2-4,9-12H,5-8H2,1H3,(H,26,30). The van der Waals surface area contributed by atoms with Crippen LogP contribution in [0.15, 0.2) is 30.3 Å². The molecule has 11 heteroatoms. The molecule has 1 N–H and O–H groups in total. The fraction of sp³-hybridized carbons (Fsp3) is 0.333. The molecule has 1 amide bonds. The van der Waals surface area contributed by atoms with Crippen molar-refractivity contribution in [1.82, 2.24) is 9.97 Å². The number of carbonyl (C=O) groups is 2. The highest BCUT2D eigenvalue weighted by molar-refractivity contribution is 7.22. The Balaban J connectivity index is 1.59. The number of ether oxygens (including phenoxy) is 1. The Hall–Kier alpha value is -3.21. The number of nitrogens with one attached hydrogen (secondary N) is 1. The topological polar surface area (TPSA) is 84.4 Å². The summed E-state index contributed by atoms with van der Waals surface area (Å²) in [6.07, 6.45) is -2.11. The summed E-state index contributed by atoms with van der Waals surface area (Å²) in [5, 5.41) is 3.38. The van der Waals surface area contributed by atoms with Gasteiger partial charge in [-0.25, -0.2) is 9.97 Å². The molecule has 2 aromatic heterocycles. The van der Waals surface area contributed by atoms with Crippen LogP contribution in [0.4, 0.5) is 24.0 Å². The number of amides is 1. The first-order chi connectivity index (χ1) is 15.3. The average Bonchev–Trinajstić information content (AvgIpc) is 3.21. The number of benzene rings is 1. The van der Waals surface area contributed by atoms with Crippen molar-refractivity contribution in [2.45, 2.75) is 19.0 Å². The van der Waals surface area contributed by atoms with Crippen LogP contribution in [0.1, 0.15) is 29.0 Å². The van der Waals surface area contributed by atoms with Crippen molar-refractivity contribution >= 4 is 44.6 Å². The zero-order valence-electron chi connectivity index (χ0n) is 17.0. The zero-order valence-corrected chi connectivity index (χ0v) is 17.8. The van der Waals surface area contributed by atoms with E-state index in [-0.39, 0.29) is 11.6 Å². The minimum absolute atomic E-state index is 0.0759. The van der Waals surface area contributed by atoms with E-state index in [4.69, 9.17) is 4.74 Å². The first-order valence-electron chi connectivity index (χ1n) is 9.83. The number of carbonyl (C=O) groups excluding carboxylic acids is 2. The largest absolute Gasteiger partial charge is 0.494 e. The van der Waals surface area contributed by atoms with Gasteiger partial charge in [-0.15, -0.1) is 0 Å². The molecule has 0 radical (unpaired) electrons. The van der Waals surface area contributed by atoms with Crippen LogP contribution in [-0.2, 0) is 11.0 Å². The van der Waals surface area contributed by atoms with Crippen LogP contribution in [0, 0.1) is 5.92 Å². The lowest BCUT2D eigenvalue weighted by Crippen LogP contribution is -2.33. The maximum absolute atomic E-state index is 12.9. The molecule has 3 aromatic rings. The fourth-order valence-electron chi connectivity index (χ4n) is 3.48. The molecule has 32 heavy (non-hydrogen) atoms. The third kappa shape index (κ3) is 4.52. The van der Waals surface area contributed by atoms with Gasteiger partial charge in [0.2, 0.25) is 0 Å². The van der Waals surface area contributed by atoms with Gasteiger partial charge in [0.15, 0.2) is 5.13 Å². The molecule has 1 saturated heterocycles. The van der Waals surface area contributed by atoms with Gasteiger partial charge in [0, 0.05) is 25.1 Å². The monoisotopic (exact) mass is 464 g/mol. The van der Waals surface area contributed by atoms with Gasteiger partial charge in [-0.1, -0.05) is 17.4 Å². The predicted molar refractivity (Wildman–Crippen MR) is 114 cm³/mol. The minimum Gasteiger partial charge on any atom is -0.494 e. The molecule has 1 fully saturated rings. The predicted octanol–water partition coefficient (Wildman–Crippen LogP) is 4.39. The second-order valence-electron chi connectivity index (χ2n) is 7.34. The van der Waals surface area contributed by atoms with E-state index in [0.717, 1.165) is 54.2 Å². The molecule has 1 aromatic carbocycles. The lowest BCUT2D eigenvalue weighted by molar-refractivity contribution is -0.141. The molecule has 1 aliphatic heterocycles. The van der Waals surface area contributed by atoms with E-state index in [1.54, 1.807) is 12.1 Å². The van der Waals surface area contributed by atoms with Crippen molar-refractivity contribution in [3.05, 3.63) is 41.7 Å². The number of nitrogens with zero attached hydrogens (tertiary/aromatic N) is 3. The van der Waals surface area contributed by atoms with Crippen molar-refractivity contribution in [2.75, 3.05) is 30.4 Å². The molecule has 4 rings (SSSR count). The van der Waals surface area contributed by atoms with E-state index in [9.17, 15) is 22.8 Å². The number of rotatable bonds is 5. The van der Waals surface area contributed by atoms with Gasteiger partial charge in [-0.3, -0.25) is 4.79 Å². The molecule has 0 atom stereocenters. The number of fused-ring (bicyclic) bond motifs is 1. The molecular formula is C21H19F3N4O3S. The van der Waals surface area contributed by atoms with Crippen LogP contribution in [0.3, 0.4) is 0 Å². The molecule has 0 bridgehead atoms. The third-order valence-corrected chi connectivity index (χ3v) is 6.30. The van der Waals surface area contributed by atoms with Crippen LogP contribution in [0.2, 0.25) is 0 Å². The van der Waals surface area contributed by atoms with Crippen LogP contribution in [0.5, 0.6) is 5.75 Å². The van der Waals surface area contributed by atoms with Gasteiger partial charge >= 0.3 is 6.18 Å². The van der Waals surface area contributed by atoms with Gasteiger partial charge < -0.3 is 19.7 Å². The maximum atomic E-state index is 12.9. The summed E-state index contributed by atoms with van der Waals surface area (Å²) in [5.74, 6) is -0.379. The molecule has 168 valence electrons. The second kappa shape index (κ2) is 8.73. The van der Waals surface area contributed by atoms with Crippen molar-refractivity contribution < 1.29 is 27.5 Å². The van der Waals surface area contributed by atoms with Gasteiger partial charge in [-0.05, 0) is 31.0 Å². The smallest absolute Gasteiger partial charge is 0.433 e. The molecular weight excluding hydrogens is 445 g/mol. The maximum Gasteiger partial charge on any atom is 0.433 e. The van der Waals surface area contributed by atoms with E-state index in [0.29, 0.717) is 17.0 Å². The Labute approximate surface area is 185 Å². The van der Waals surface area contributed by atoms with Crippen molar-refractivity contribution in [1.29, 1.82) is 0 Å². The van der Waals surface area contributed by atoms with E-state index in [2.05, 4.69) is 20.2 Å². The summed E-state index contributed by atoms with van der Waals surface area (Å²) in [5.41, 5.74) is -0.517. The lowest BCUT2D eigenvalue weighted by atomic mass is 9.99. The van der Waals surface area contributed by atoms with Crippen LogP contribution >= 0.6 is 11.3 Å². The number of aldehydes is 1. The second-order valence-corrected chi connectivity index (χ2v) is 8.35. The van der Waals surface area contributed by atoms with E-state index in [1.807, 2.05) is 0 Å². The summed E-state index contributed by atoms with van der Waals surface area (Å²) in [7, 11) is 1.43. The number of pyridine rings is 1. The van der Waals surface area contributed by atoms with Gasteiger partial charge in [-0.2, -0.15) is 13.2 Å². The third-order valence-electron chi connectivity index (χ3n) is 5.22. The van der Waals surface area contributed by atoms with Crippen molar-refractivity contribution in [3.63, 3.8) is 0 Å². The Morgan fingerprint density at radius 3 is 2.66 bits per heavy atom. The minimum atomic E-state index is -4.65. The number of alkyl halides is 3. The quantitative estimate of drug-likeness (QED) is 0.564. The van der Waals surface area contributed by atoms with Gasteiger partial charge in [0.1, 0.15) is 23.4 Å². The first kappa shape index (κ1) is 22.0. The number of methoxy groups -OCH3 is 1. The molecule has 3 heterocycles. The number of thiazole rings is 1. The number of hydrogen-bond acceptors (Lipinski definition) is 7. The van der Waals surface area contributed by atoms with Crippen LogP contribution in [-0.4, -0.2) is 42.4 Å². The number of aromatic nitrogens is 2. The summed E-state index contributed by atoms with van der Waals surface area (Å²) in [4.78, 5) is 33.7. The number of piperidine rings is 1. The van der Waals surface area contributed by atoms with Crippen LogP contribution in [0.25, 0.3) is 10.2 Å². The molecule has 0 saturated carbocycles. The molecule has 0 unspecified atom stereocenters. The van der Waals surface area contributed by atoms with Crippen molar-refractivity contribution in [3.8, 4) is 5.75 Å². The van der Waals surface area contributed by atoms with Gasteiger partial charge in [0.25, 0.3) is 5.91 Å². The number of anilines is 2. The Bertz CT molecular complexity index is 1160. The SMILES string of the molecule is COc1cc2nc(N3CCC(C=O)CC3)sc2cc1NC(=O)c1cccc(C(F)(F)F)n1. The molecule has 0 aliphatic carbocycles. The highest BCUT2D eigenvalue weighted by Crippen LogP contribution is 2.37. The normalized spacial score (nSPS) is 15.1. The molecule has 0 spiro atoms. The number of halogens is 3. The first-order valence-corrected chi connectivity index (χ1v) is 10.6. The zero-order chi connectivity index (χ0) is 22.9. The summed E-state index contributed by atoms with van der Waals surface area (Å²) in [6, 6.07) is 6.50. The van der Waals surface area contributed by atoms with E-state index in [1.165, 1.54) is 24.5 Å². The molecule has 7 nitrogen and oxygen atoms in total. The summed E-state index contributed by atoms with van der Waals surface area (Å²) in [6.45, 7) is 1.45. The Morgan fingerprint density at radius 2 is 2.00 bits per heavy atom. The molecule has 1 aliphatic rings. The summed E-state index contributed by atoms with van der Waals surface area (Å²) >= 11 is 1.43. The van der Waals surface area contributed by atoms with E-state index >= 15 is 0 Å². The van der Waals surface area contributed by atoms with Crippen molar-refractivity contribution in [2.24, 2.45) is 5.92 Å². The van der Waals surface area contributed by atoms with Crippen LogP contribution < -0.4 is 15.0 Å². The number of hydrogen-bond donors (Lipinski definition) is 1. The summed E-state index contributed by atoms with van der Waals surface area (Å²) < 4.78 is 44.9. The van der Waals surface area contributed by atoms with E-state index < -0.39 is 17.8 Å².